The topological polar surface area (TPSA) is 55.7 Å². The van der Waals surface area contributed by atoms with Crippen LogP contribution >= 0.6 is 0 Å². The number of rotatable bonds is 4. The molecule has 5 heteroatoms. The molecule has 0 saturated carbocycles. The third-order valence-corrected chi connectivity index (χ3v) is 4.25. The molecule has 1 aromatic rings. The van der Waals surface area contributed by atoms with Crippen LogP contribution in [0, 0.1) is 12.7 Å². The number of nitrogens with one attached hydrogen (secondary N) is 1. The lowest BCUT2D eigenvalue weighted by molar-refractivity contribution is 0.00335. The second kappa shape index (κ2) is 6.83. The molecule has 0 spiro atoms. The third kappa shape index (κ3) is 4.01. The van der Waals surface area contributed by atoms with Gasteiger partial charge in [-0.1, -0.05) is 12.1 Å². The van der Waals surface area contributed by atoms with Crippen LogP contribution in [-0.2, 0) is 6.54 Å². The molecule has 2 rings (SSSR count). The maximum Gasteiger partial charge on any atom is 0.126 e. The van der Waals surface area contributed by atoms with E-state index in [2.05, 4.69) is 10.2 Å². The van der Waals surface area contributed by atoms with E-state index in [1.165, 1.54) is 0 Å². The Hall–Kier alpha value is -1.01. The molecule has 0 radical (unpaired) electrons. The number of nitrogens with zero attached hydrogens (tertiary/aromatic N) is 1. The van der Waals surface area contributed by atoms with Crippen LogP contribution in [0.4, 0.5) is 4.39 Å². The highest BCUT2D eigenvalue weighted by atomic mass is 19.1. The van der Waals surface area contributed by atoms with Crippen molar-refractivity contribution < 1.29 is 14.6 Å². The summed E-state index contributed by atoms with van der Waals surface area (Å²) in [4.78, 5) is 2.11. The third-order valence-electron chi connectivity index (χ3n) is 4.25. The fourth-order valence-electron chi connectivity index (χ4n) is 2.80. The van der Waals surface area contributed by atoms with Gasteiger partial charge in [0.05, 0.1) is 12.2 Å². The Kier molecular flexibility index (Phi) is 5.32. The molecule has 118 valence electrons. The number of hydrogen-bond donors (Lipinski definition) is 3. The molecule has 21 heavy (non-hydrogen) atoms. The van der Waals surface area contributed by atoms with Crippen LogP contribution in [-0.4, -0.2) is 52.5 Å². The Morgan fingerprint density at radius 3 is 2.62 bits per heavy atom. The van der Waals surface area contributed by atoms with Gasteiger partial charge in [-0.15, -0.1) is 0 Å². The molecule has 4 nitrogen and oxygen atoms in total. The van der Waals surface area contributed by atoms with Crippen LogP contribution in [0.2, 0.25) is 0 Å². The average Bonchev–Trinajstić information content (AvgIpc) is 2.42. The molecule has 3 N–H and O–H groups in total. The van der Waals surface area contributed by atoms with Gasteiger partial charge in [0.2, 0.25) is 0 Å². The predicted molar refractivity (Wildman–Crippen MR) is 80.5 cm³/mol. The second-order valence-corrected chi connectivity index (χ2v) is 6.08. The number of benzene rings is 1. The van der Waals surface area contributed by atoms with Gasteiger partial charge in [-0.3, -0.25) is 4.90 Å². The molecule has 4 unspecified atom stereocenters. The van der Waals surface area contributed by atoms with E-state index in [4.69, 9.17) is 0 Å². The van der Waals surface area contributed by atoms with Crippen LogP contribution in [0.25, 0.3) is 0 Å². The Balaban J connectivity index is 2.13. The van der Waals surface area contributed by atoms with Gasteiger partial charge >= 0.3 is 0 Å². The van der Waals surface area contributed by atoms with Gasteiger partial charge in [-0.2, -0.15) is 0 Å². The summed E-state index contributed by atoms with van der Waals surface area (Å²) in [5.74, 6) is -0.205. The van der Waals surface area contributed by atoms with Crippen molar-refractivity contribution in [3.8, 4) is 0 Å². The summed E-state index contributed by atoms with van der Waals surface area (Å²) >= 11 is 0. The first-order chi connectivity index (χ1) is 9.88. The van der Waals surface area contributed by atoms with Gasteiger partial charge in [-0.25, -0.2) is 4.39 Å². The minimum absolute atomic E-state index is 0.0321. The minimum Gasteiger partial charge on any atom is -0.392 e. The molecule has 1 aliphatic heterocycles. The van der Waals surface area contributed by atoms with Crippen molar-refractivity contribution in [3.63, 3.8) is 0 Å². The van der Waals surface area contributed by atoms with E-state index in [1.807, 2.05) is 6.07 Å². The summed E-state index contributed by atoms with van der Waals surface area (Å²) in [7, 11) is 0. The number of halogens is 1. The fourth-order valence-corrected chi connectivity index (χ4v) is 2.80. The number of hydrogen-bond acceptors (Lipinski definition) is 4. The molecule has 1 aliphatic rings. The second-order valence-electron chi connectivity index (χ2n) is 6.08. The normalized spacial score (nSPS) is 26.6. The number of aryl methyl sites for hydroxylation is 1. The molecule has 1 heterocycles. The summed E-state index contributed by atoms with van der Waals surface area (Å²) < 4.78 is 13.7. The molecular formula is C16H25FN2O2. The van der Waals surface area contributed by atoms with Crippen molar-refractivity contribution in [2.24, 2.45) is 0 Å². The van der Waals surface area contributed by atoms with Gasteiger partial charge < -0.3 is 15.5 Å². The summed E-state index contributed by atoms with van der Waals surface area (Å²) in [6, 6.07) is 5.17. The molecule has 1 saturated heterocycles. The Morgan fingerprint density at radius 2 is 2.05 bits per heavy atom. The molecule has 0 aliphatic carbocycles. The largest absolute Gasteiger partial charge is 0.392 e. The minimum atomic E-state index is -0.484. The highest BCUT2D eigenvalue weighted by Crippen LogP contribution is 2.18. The quantitative estimate of drug-likeness (QED) is 0.777. The highest BCUT2D eigenvalue weighted by Gasteiger charge is 2.32. The van der Waals surface area contributed by atoms with E-state index in [1.54, 1.807) is 32.9 Å². The zero-order valence-electron chi connectivity index (χ0n) is 12.9. The monoisotopic (exact) mass is 296 g/mol. The maximum absolute atomic E-state index is 13.7. The summed E-state index contributed by atoms with van der Waals surface area (Å²) in [6.45, 7) is 7.07. The first-order valence-corrected chi connectivity index (χ1v) is 7.47. The maximum atomic E-state index is 13.7. The van der Waals surface area contributed by atoms with Crippen molar-refractivity contribution in [2.45, 2.75) is 51.6 Å². The molecule has 1 aromatic carbocycles. The van der Waals surface area contributed by atoms with E-state index in [0.717, 1.165) is 5.56 Å². The fraction of sp³-hybridized carbons (Fsp3) is 0.625. The first-order valence-electron chi connectivity index (χ1n) is 7.47. The molecule has 0 aromatic heterocycles. The van der Waals surface area contributed by atoms with Crippen LogP contribution in [0.3, 0.4) is 0 Å². The molecule has 4 atom stereocenters. The average molecular weight is 296 g/mol. The molecular weight excluding hydrogens is 271 g/mol. The van der Waals surface area contributed by atoms with Gasteiger partial charge in [0.25, 0.3) is 0 Å². The van der Waals surface area contributed by atoms with Crippen molar-refractivity contribution in [1.82, 2.24) is 10.2 Å². The lowest BCUT2D eigenvalue weighted by Crippen LogP contribution is -2.62. The van der Waals surface area contributed by atoms with Gasteiger partial charge in [0, 0.05) is 31.7 Å². The Morgan fingerprint density at radius 1 is 1.33 bits per heavy atom. The van der Waals surface area contributed by atoms with Gasteiger partial charge in [0.15, 0.2) is 0 Å². The van der Waals surface area contributed by atoms with Crippen molar-refractivity contribution >= 4 is 0 Å². The summed E-state index contributed by atoms with van der Waals surface area (Å²) in [6.07, 6.45) is -0.944. The zero-order chi connectivity index (χ0) is 15.6. The van der Waals surface area contributed by atoms with Crippen molar-refractivity contribution in [3.05, 3.63) is 35.1 Å². The smallest absolute Gasteiger partial charge is 0.126 e. The van der Waals surface area contributed by atoms with Crippen LogP contribution < -0.4 is 5.32 Å². The van der Waals surface area contributed by atoms with Gasteiger partial charge in [0.1, 0.15) is 5.82 Å². The van der Waals surface area contributed by atoms with Crippen molar-refractivity contribution in [2.75, 3.05) is 13.1 Å². The number of piperazine rings is 1. The lowest BCUT2D eigenvalue weighted by Gasteiger charge is -2.42. The number of aliphatic hydroxyl groups excluding tert-OH is 2. The van der Waals surface area contributed by atoms with E-state index in [9.17, 15) is 14.6 Å². The molecule has 0 bridgehead atoms. The van der Waals surface area contributed by atoms with E-state index >= 15 is 0 Å². The molecule has 1 fully saturated rings. The van der Waals surface area contributed by atoms with E-state index in [-0.39, 0.29) is 17.9 Å². The highest BCUT2D eigenvalue weighted by molar-refractivity contribution is 5.23. The van der Waals surface area contributed by atoms with Crippen LogP contribution in [0.15, 0.2) is 18.2 Å². The van der Waals surface area contributed by atoms with E-state index < -0.39 is 12.2 Å². The summed E-state index contributed by atoms with van der Waals surface area (Å²) in [5.41, 5.74) is 1.52. The summed E-state index contributed by atoms with van der Waals surface area (Å²) in [5, 5.41) is 22.9. The SMILES string of the molecule is Cc1ccc(CN2CC(C(C)O)NCC2C(C)O)cc1F. The molecule has 0 amide bonds. The lowest BCUT2D eigenvalue weighted by atomic mass is 10.0. The zero-order valence-corrected chi connectivity index (χ0v) is 12.9. The van der Waals surface area contributed by atoms with Gasteiger partial charge in [-0.05, 0) is 38.0 Å². The number of aliphatic hydroxyl groups is 2. The van der Waals surface area contributed by atoms with Crippen LogP contribution in [0.5, 0.6) is 0 Å². The van der Waals surface area contributed by atoms with Crippen LogP contribution in [0.1, 0.15) is 25.0 Å². The Bertz CT molecular complexity index is 479. The standard InChI is InChI=1S/C16H25FN2O2/c1-10-4-5-13(6-14(10)17)8-19-9-15(11(2)20)18-7-16(19)12(3)21/h4-6,11-12,15-16,18,20-21H,7-9H2,1-3H3. The van der Waals surface area contributed by atoms with E-state index in [0.29, 0.717) is 25.2 Å². The predicted octanol–water partition coefficient (Wildman–Crippen LogP) is 1.04. The van der Waals surface area contributed by atoms with Crippen molar-refractivity contribution in [1.29, 1.82) is 0 Å². The Labute approximate surface area is 125 Å². The first kappa shape index (κ1) is 16.4.